The topological polar surface area (TPSA) is 62.7 Å². The molecule has 0 bridgehead atoms. The molecule has 5 nitrogen and oxygen atoms in total. The zero-order valence-corrected chi connectivity index (χ0v) is 14.4. The predicted octanol–water partition coefficient (Wildman–Crippen LogP) is 3.69. The fraction of sp³-hybridized carbons (Fsp3) is 0.222. The van der Waals surface area contributed by atoms with E-state index in [1.54, 1.807) is 25.3 Å². The lowest BCUT2D eigenvalue weighted by molar-refractivity contribution is -0.121. The molecule has 1 atom stereocenters. The van der Waals surface area contributed by atoms with Crippen molar-refractivity contribution >= 4 is 29.4 Å². The Hall–Kier alpha value is -2.53. The maximum absolute atomic E-state index is 12.0. The van der Waals surface area contributed by atoms with Crippen LogP contribution in [0.3, 0.4) is 0 Å². The molecule has 126 valence electrons. The molecule has 0 aromatic heterocycles. The molecule has 6 heteroatoms. The second kappa shape index (κ2) is 8.93. The monoisotopic (exact) mass is 345 g/mol. The minimum Gasteiger partial charge on any atom is -0.494 e. The van der Waals surface area contributed by atoms with Crippen LogP contribution in [-0.2, 0) is 4.79 Å². The molecule has 0 aliphatic rings. The number of nitrogens with zero attached hydrogens (tertiary/aromatic N) is 1. The number of carbonyl (C=O) groups is 1. The normalized spacial score (nSPS) is 12.0. The van der Waals surface area contributed by atoms with Gasteiger partial charge in [0.15, 0.2) is 0 Å². The molecule has 1 amide bonds. The number of benzene rings is 2. The molecule has 2 N–H and O–H groups in total. The SMILES string of the molecule is CCOc1ccc(NC(C)C(=O)N/N=C/c2ccc(Cl)cc2)cc1. The van der Waals surface area contributed by atoms with E-state index in [-0.39, 0.29) is 5.91 Å². The Morgan fingerprint density at radius 1 is 1.21 bits per heavy atom. The van der Waals surface area contributed by atoms with Crippen LogP contribution in [0, 0.1) is 0 Å². The lowest BCUT2D eigenvalue weighted by Crippen LogP contribution is -2.34. The van der Waals surface area contributed by atoms with Gasteiger partial charge >= 0.3 is 0 Å². The van der Waals surface area contributed by atoms with Crippen molar-refractivity contribution in [2.45, 2.75) is 19.9 Å². The second-order valence-corrected chi connectivity index (χ2v) is 5.55. The van der Waals surface area contributed by atoms with Gasteiger partial charge in [-0.25, -0.2) is 5.43 Å². The van der Waals surface area contributed by atoms with Crippen LogP contribution in [0.2, 0.25) is 5.02 Å². The lowest BCUT2D eigenvalue weighted by Gasteiger charge is -2.13. The summed E-state index contributed by atoms with van der Waals surface area (Å²) in [6.45, 7) is 4.32. The molecule has 0 aliphatic heterocycles. The van der Waals surface area contributed by atoms with Crippen molar-refractivity contribution in [1.82, 2.24) is 5.43 Å². The largest absolute Gasteiger partial charge is 0.494 e. The first-order chi connectivity index (χ1) is 11.6. The molecule has 0 aliphatic carbocycles. The van der Waals surface area contributed by atoms with E-state index in [0.29, 0.717) is 11.6 Å². The number of hydrazone groups is 1. The Morgan fingerprint density at radius 2 is 1.88 bits per heavy atom. The summed E-state index contributed by atoms with van der Waals surface area (Å²) in [5, 5.41) is 7.71. The number of nitrogens with one attached hydrogen (secondary N) is 2. The van der Waals surface area contributed by atoms with Crippen LogP contribution in [0.25, 0.3) is 0 Å². The number of hydrogen-bond acceptors (Lipinski definition) is 4. The third-order valence-corrected chi connectivity index (χ3v) is 3.45. The first-order valence-corrected chi connectivity index (χ1v) is 8.04. The Kier molecular flexibility index (Phi) is 6.63. The molecule has 2 aromatic rings. The molecule has 0 fully saturated rings. The van der Waals surface area contributed by atoms with E-state index in [2.05, 4.69) is 15.8 Å². The van der Waals surface area contributed by atoms with Gasteiger partial charge in [0.25, 0.3) is 5.91 Å². The summed E-state index contributed by atoms with van der Waals surface area (Å²) in [5.74, 6) is 0.571. The average Bonchev–Trinajstić information content (AvgIpc) is 2.58. The quantitative estimate of drug-likeness (QED) is 0.594. The standard InChI is InChI=1S/C18H20ClN3O2/c1-3-24-17-10-8-16(9-11-17)21-13(2)18(23)22-20-12-14-4-6-15(19)7-5-14/h4-13,21H,3H2,1-2H3,(H,22,23)/b20-12+. The number of carbonyl (C=O) groups excluding carboxylic acids is 1. The van der Waals surface area contributed by atoms with Crippen molar-refractivity contribution in [2.24, 2.45) is 5.10 Å². The molecule has 0 spiro atoms. The van der Waals surface area contributed by atoms with Gasteiger partial charge in [-0.1, -0.05) is 23.7 Å². The van der Waals surface area contributed by atoms with E-state index in [0.717, 1.165) is 17.0 Å². The molecule has 0 radical (unpaired) electrons. The van der Waals surface area contributed by atoms with E-state index in [9.17, 15) is 4.79 Å². The molecule has 1 unspecified atom stereocenters. The molecule has 0 heterocycles. The summed E-state index contributed by atoms with van der Waals surface area (Å²) in [6, 6.07) is 14.2. The van der Waals surface area contributed by atoms with Crippen molar-refractivity contribution < 1.29 is 9.53 Å². The molecular weight excluding hydrogens is 326 g/mol. The van der Waals surface area contributed by atoms with Crippen LogP contribution in [0.15, 0.2) is 53.6 Å². The fourth-order valence-electron chi connectivity index (χ4n) is 1.95. The van der Waals surface area contributed by atoms with Crippen LogP contribution in [-0.4, -0.2) is 24.8 Å². The maximum atomic E-state index is 12.0. The summed E-state index contributed by atoms with van der Waals surface area (Å²) < 4.78 is 5.38. The smallest absolute Gasteiger partial charge is 0.262 e. The Bertz CT molecular complexity index is 684. The number of anilines is 1. The third-order valence-electron chi connectivity index (χ3n) is 3.20. The van der Waals surface area contributed by atoms with Gasteiger partial charge in [0, 0.05) is 10.7 Å². The first kappa shape index (κ1) is 17.8. The zero-order valence-electron chi connectivity index (χ0n) is 13.6. The number of ether oxygens (including phenoxy) is 1. The van der Waals surface area contributed by atoms with Gasteiger partial charge in [-0.05, 0) is 55.8 Å². The molecule has 24 heavy (non-hydrogen) atoms. The van der Waals surface area contributed by atoms with Crippen LogP contribution in [0.4, 0.5) is 5.69 Å². The van der Waals surface area contributed by atoms with Crippen LogP contribution < -0.4 is 15.5 Å². The van der Waals surface area contributed by atoms with E-state index >= 15 is 0 Å². The number of halogens is 1. The van der Waals surface area contributed by atoms with Gasteiger partial charge in [-0.3, -0.25) is 4.79 Å². The van der Waals surface area contributed by atoms with E-state index in [4.69, 9.17) is 16.3 Å². The number of amides is 1. The van der Waals surface area contributed by atoms with Crippen LogP contribution >= 0.6 is 11.6 Å². The van der Waals surface area contributed by atoms with Gasteiger partial charge in [0.05, 0.1) is 12.8 Å². The van der Waals surface area contributed by atoms with Gasteiger partial charge < -0.3 is 10.1 Å². The summed E-state index contributed by atoms with van der Waals surface area (Å²) in [4.78, 5) is 12.0. The summed E-state index contributed by atoms with van der Waals surface area (Å²) >= 11 is 5.81. The van der Waals surface area contributed by atoms with E-state index < -0.39 is 6.04 Å². The highest BCUT2D eigenvalue weighted by molar-refractivity contribution is 6.30. The summed E-state index contributed by atoms with van der Waals surface area (Å²) in [6.07, 6.45) is 1.57. The Balaban J connectivity index is 1.84. The summed E-state index contributed by atoms with van der Waals surface area (Å²) in [5.41, 5.74) is 4.20. The minimum absolute atomic E-state index is 0.228. The highest BCUT2D eigenvalue weighted by Crippen LogP contribution is 2.16. The van der Waals surface area contributed by atoms with E-state index in [1.807, 2.05) is 43.3 Å². The lowest BCUT2D eigenvalue weighted by atomic mass is 10.2. The van der Waals surface area contributed by atoms with Crippen molar-refractivity contribution in [1.29, 1.82) is 0 Å². The molecule has 2 aromatic carbocycles. The maximum Gasteiger partial charge on any atom is 0.262 e. The number of hydrogen-bond donors (Lipinski definition) is 2. The highest BCUT2D eigenvalue weighted by Gasteiger charge is 2.11. The van der Waals surface area contributed by atoms with Crippen molar-refractivity contribution in [3.63, 3.8) is 0 Å². The van der Waals surface area contributed by atoms with Crippen LogP contribution in [0.1, 0.15) is 19.4 Å². The van der Waals surface area contributed by atoms with Crippen LogP contribution in [0.5, 0.6) is 5.75 Å². The van der Waals surface area contributed by atoms with Crippen molar-refractivity contribution in [3.8, 4) is 5.75 Å². The Labute approximate surface area is 146 Å². The Morgan fingerprint density at radius 3 is 2.50 bits per heavy atom. The highest BCUT2D eigenvalue weighted by atomic mass is 35.5. The average molecular weight is 346 g/mol. The fourth-order valence-corrected chi connectivity index (χ4v) is 2.07. The van der Waals surface area contributed by atoms with Crippen molar-refractivity contribution in [3.05, 3.63) is 59.1 Å². The van der Waals surface area contributed by atoms with Gasteiger partial charge in [0.2, 0.25) is 0 Å². The molecule has 0 saturated carbocycles. The molecular formula is C18H20ClN3O2. The van der Waals surface area contributed by atoms with Gasteiger partial charge in [0.1, 0.15) is 11.8 Å². The van der Waals surface area contributed by atoms with Crippen molar-refractivity contribution in [2.75, 3.05) is 11.9 Å². The molecule has 2 rings (SSSR count). The van der Waals surface area contributed by atoms with Gasteiger partial charge in [-0.2, -0.15) is 5.10 Å². The first-order valence-electron chi connectivity index (χ1n) is 7.66. The van der Waals surface area contributed by atoms with E-state index in [1.165, 1.54) is 0 Å². The molecule has 0 saturated heterocycles. The predicted molar refractivity (Wildman–Crippen MR) is 97.9 cm³/mol. The second-order valence-electron chi connectivity index (χ2n) is 5.11. The van der Waals surface area contributed by atoms with Gasteiger partial charge in [-0.15, -0.1) is 0 Å². The zero-order chi connectivity index (χ0) is 17.4. The third kappa shape index (κ3) is 5.59. The minimum atomic E-state index is -0.426. The summed E-state index contributed by atoms with van der Waals surface area (Å²) in [7, 11) is 0. The number of rotatable bonds is 7.